The lowest BCUT2D eigenvalue weighted by atomic mass is 10.2. The van der Waals surface area contributed by atoms with Gasteiger partial charge in [-0.25, -0.2) is 4.79 Å². The van der Waals surface area contributed by atoms with Gasteiger partial charge in [-0.15, -0.1) is 0 Å². The van der Waals surface area contributed by atoms with E-state index in [0.29, 0.717) is 13.1 Å². The zero-order valence-corrected chi connectivity index (χ0v) is 15.6. The summed E-state index contributed by atoms with van der Waals surface area (Å²) in [4.78, 5) is 27.0. The van der Waals surface area contributed by atoms with Gasteiger partial charge in [-0.1, -0.05) is 0 Å². The molecule has 0 saturated carbocycles. The van der Waals surface area contributed by atoms with E-state index in [1.54, 1.807) is 4.90 Å². The van der Waals surface area contributed by atoms with E-state index in [9.17, 15) is 9.59 Å². The third-order valence-electron chi connectivity index (χ3n) is 4.05. The molecule has 1 N–H and O–H groups in total. The number of anilines is 2. The van der Waals surface area contributed by atoms with Crippen LogP contribution in [0.1, 0.15) is 6.92 Å². The molecule has 8 heteroatoms. The Morgan fingerprint density at radius 2 is 2.12 bits per heavy atom. The summed E-state index contributed by atoms with van der Waals surface area (Å²) < 4.78 is 11.8. The zero-order valence-electron chi connectivity index (χ0n) is 13.5. The summed E-state index contributed by atoms with van der Waals surface area (Å²) >= 11 is 2.29. The van der Waals surface area contributed by atoms with Crippen molar-refractivity contribution in [1.29, 1.82) is 0 Å². The molecule has 0 aromatic heterocycles. The van der Waals surface area contributed by atoms with Gasteiger partial charge in [0.05, 0.1) is 32.0 Å². The number of benzene rings is 1. The number of hydrogen-bond acceptors (Lipinski definition) is 5. The molecular formula is C16H20IN3O4. The molecule has 0 bridgehead atoms. The number of hydrogen-bond donors (Lipinski definition) is 1. The van der Waals surface area contributed by atoms with E-state index in [1.807, 2.05) is 18.2 Å². The topological polar surface area (TPSA) is 71.1 Å². The average Bonchev–Trinajstić information content (AvgIpc) is 2.94. The van der Waals surface area contributed by atoms with Gasteiger partial charge >= 0.3 is 6.09 Å². The Labute approximate surface area is 154 Å². The third kappa shape index (κ3) is 3.92. The van der Waals surface area contributed by atoms with Gasteiger partial charge in [-0.05, 0) is 40.8 Å². The van der Waals surface area contributed by atoms with Gasteiger partial charge < -0.3 is 19.7 Å². The molecule has 2 heterocycles. The Balaban J connectivity index is 1.69. The van der Waals surface area contributed by atoms with Crippen LogP contribution in [0, 0.1) is 3.57 Å². The van der Waals surface area contributed by atoms with Gasteiger partial charge in [0.15, 0.2) is 0 Å². The lowest BCUT2D eigenvalue weighted by molar-refractivity contribution is -0.119. The van der Waals surface area contributed by atoms with E-state index in [4.69, 9.17) is 9.47 Å². The van der Waals surface area contributed by atoms with E-state index in [0.717, 1.165) is 41.2 Å². The fourth-order valence-corrected chi connectivity index (χ4v) is 3.66. The lowest BCUT2D eigenvalue weighted by Gasteiger charge is -2.30. The number of cyclic esters (lactones) is 1. The molecule has 0 aliphatic carbocycles. The monoisotopic (exact) mass is 445 g/mol. The first kappa shape index (κ1) is 17.3. The van der Waals surface area contributed by atoms with Crippen LogP contribution in [0.25, 0.3) is 0 Å². The highest BCUT2D eigenvalue weighted by Crippen LogP contribution is 2.30. The number of nitrogens with zero attached hydrogens (tertiary/aromatic N) is 2. The standard InChI is InChI=1S/C16H20IN3O4/c1-11(21)18-9-13-10-20(16(22)24-13)12-2-3-15(14(17)8-12)19-4-6-23-7-5-19/h2-3,8,13H,4-7,9-10H2,1H3,(H,18,21)/t13-/m0/s1. The molecule has 1 aromatic carbocycles. The van der Waals surface area contributed by atoms with Crippen molar-refractivity contribution in [2.45, 2.75) is 13.0 Å². The zero-order chi connectivity index (χ0) is 17.1. The quantitative estimate of drug-likeness (QED) is 0.714. The molecule has 2 amide bonds. The second kappa shape index (κ2) is 7.56. The maximum absolute atomic E-state index is 12.1. The molecule has 2 aliphatic rings. The van der Waals surface area contributed by atoms with Crippen LogP contribution < -0.4 is 15.1 Å². The third-order valence-corrected chi connectivity index (χ3v) is 4.91. The van der Waals surface area contributed by atoms with Gasteiger partial charge in [0, 0.05) is 29.3 Å². The second-order valence-corrected chi connectivity index (χ2v) is 6.95. The van der Waals surface area contributed by atoms with Crippen LogP contribution in [0.4, 0.5) is 16.2 Å². The summed E-state index contributed by atoms with van der Waals surface area (Å²) in [6, 6.07) is 5.97. The van der Waals surface area contributed by atoms with Crippen LogP contribution in [-0.2, 0) is 14.3 Å². The number of carbonyl (C=O) groups excluding carboxylic acids is 2. The highest BCUT2D eigenvalue weighted by molar-refractivity contribution is 14.1. The number of halogens is 1. The molecule has 1 aromatic rings. The number of morpholine rings is 1. The van der Waals surface area contributed by atoms with Crippen molar-refractivity contribution < 1.29 is 19.1 Å². The van der Waals surface area contributed by atoms with Gasteiger partial charge in [0.25, 0.3) is 0 Å². The first-order valence-electron chi connectivity index (χ1n) is 7.89. The summed E-state index contributed by atoms with van der Waals surface area (Å²) in [6.07, 6.45) is -0.696. The smallest absolute Gasteiger partial charge is 0.414 e. The number of nitrogens with one attached hydrogen (secondary N) is 1. The number of ether oxygens (including phenoxy) is 2. The molecule has 7 nitrogen and oxygen atoms in total. The fourth-order valence-electron chi connectivity index (χ4n) is 2.82. The Hall–Kier alpha value is -1.55. The minimum Gasteiger partial charge on any atom is -0.442 e. The molecule has 2 aliphatic heterocycles. The second-order valence-electron chi connectivity index (χ2n) is 5.79. The predicted octanol–water partition coefficient (Wildman–Crippen LogP) is 1.59. The minimum absolute atomic E-state index is 0.131. The van der Waals surface area contributed by atoms with Crippen LogP contribution in [0.5, 0.6) is 0 Å². The Morgan fingerprint density at radius 1 is 1.38 bits per heavy atom. The highest BCUT2D eigenvalue weighted by Gasteiger charge is 2.32. The summed E-state index contributed by atoms with van der Waals surface area (Å²) in [7, 11) is 0. The van der Waals surface area contributed by atoms with E-state index < -0.39 is 0 Å². The van der Waals surface area contributed by atoms with Crippen LogP contribution >= 0.6 is 22.6 Å². The fraction of sp³-hybridized carbons (Fsp3) is 0.500. The Morgan fingerprint density at radius 3 is 2.79 bits per heavy atom. The number of amides is 2. The summed E-state index contributed by atoms with van der Waals surface area (Å²) in [5.74, 6) is -0.131. The normalized spacial score (nSPS) is 20.9. The van der Waals surface area contributed by atoms with E-state index >= 15 is 0 Å². The van der Waals surface area contributed by atoms with Gasteiger partial charge in [-0.2, -0.15) is 0 Å². The van der Waals surface area contributed by atoms with Crippen molar-refractivity contribution in [3.05, 3.63) is 21.8 Å². The van der Waals surface area contributed by atoms with Gasteiger partial charge in [-0.3, -0.25) is 9.69 Å². The van der Waals surface area contributed by atoms with Crippen LogP contribution in [-0.4, -0.2) is 57.5 Å². The van der Waals surface area contributed by atoms with Crippen molar-refractivity contribution >= 4 is 46.0 Å². The molecular weight excluding hydrogens is 425 g/mol. The van der Waals surface area contributed by atoms with E-state index in [1.165, 1.54) is 6.92 Å². The predicted molar refractivity (Wildman–Crippen MR) is 98.5 cm³/mol. The highest BCUT2D eigenvalue weighted by atomic mass is 127. The molecule has 2 saturated heterocycles. The number of carbonyl (C=O) groups is 2. The maximum Gasteiger partial charge on any atom is 0.414 e. The minimum atomic E-state index is -0.375. The Bertz CT molecular complexity index is 634. The molecule has 0 radical (unpaired) electrons. The Kier molecular flexibility index (Phi) is 5.44. The largest absolute Gasteiger partial charge is 0.442 e. The van der Waals surface area contributed by atoms with Crippen LogP contribution in [0.3, 0.4) is 0 Å². The number of rotatable bonds is 4. The molecule has 0 unspecified atom stereocenters. The molecule has 130 valence electrons. The summed E-state index contributed by atoms with van der Waals surface area (Å²) in [5, 5.41) is 2.68. The summed E-state index contributed by atoms with van der Waals surface area (Å²) in [5.41, 5.74) is 1.97. The van der Waals surface area contributed by atoms with Gasteiger partial charge in [0.2, 0.25) is 5.91 Å². The van der Waals surface area contributed by atoms with Gasteiger partial charge in [0.1, 0.15) is 6.10 Å². The molecule has 0 spiro atoms. The van der Waals surface area contributed by atoms with Crippen LogP contribution in [0.15, 0.2) is 18.2 Å². The maximum atomic E-state index is 12.1. The average molecular weight is 445 g/mol. The molecule has 1 atom stereocenters. The first-order chi connectivity index (χ1) is 11.5. The van der Waals surface area contributed by atoms with Crippen LogP contribution in [0.2, 0.25) is 0 Å². The van der Waals surface area contributed by atoms with Crippen molar-refractivity contribution in [2.75, 3.05) is 49.2 Å². The van der Waals surface area contributed by atoms with Crippen molar-refractivity contribution in [2.24, 2.45) is 0 Å². The molecule has 24 heavy (non-hydrogen) atoms. The van der Waals surface area contributed by atoms with Crippen molar-refractivity contribution in [3.63, 3.8) is 0 Å². The first-order valence-corrected chi connectivity index (χ1v) is 8.97. The molecule has 3 rings (SSSR count). The summed E-state index contributed by atoms with van der Waals surface area (Å²) in [6.45, 7) is 5.44. The van der Waals surface area contributed by atoms with E-state index in [-0.39, 0.29) is 18.1 Å². The van der Waals surface area contributed by atoms with Crippen molar-refractivity contribution in [3.8, 4) is 0 Å². The molecule has 2 fully saturated rings. The van der Waals surface area contributed by atoms with E-state index in [2.05, 4.69) is 32.8 Å². The lowest BCUT2D eigenvalue weighted by Crippen LogP contribution is -2.36. The van der Waals surface area contributed by atoms with Crippen molar-refractivity contribution in [1.82, 2.24) is 5.32 Å². The SMILES string of the molecule is CC(=O)NC[C@H]1CN(c2ccc(N3CCOCC3)c(I)c2)C(=O)O1.